The molecule has 0 atom stereocenters. The van der Waals surface area contributed by atoms with E-state index in [1.54, 1.807) is 30.8 Å². The van der Waals surface area contributed by atoms with E-state index in [0.29, 0.717) is 29.3 Å². The van der Waals surface area contributed by atoms with Crippen LogP contribution in [0.5, 0.6) is 0 Å². The normalized spacial score (nSPS) is 10.3. The van der Waals surface area contributed by atoms with Gasteiger partial charge in [-0.15, -0.1) is 0 Å². The Kier molecular flexibility index (Phi) is 2.86. The molecule has 0 aliphatic rings. The van der Waals surface area contributed by atoms with E-state index >= 15 is 0 Å². The number of carbonyl (C=O) groups is 1. The quantitative estimate of drug-likeness (QED) is 0.669. The lowest BCUT2D eigenvalue weighted by Crippen LogP contribution is -1.87. The zero-order chi connectivity index (χ0) is 13.1. The predicted octanol–water partition coefficient (Wildman–Crippen LogP) is 2.61. The minimum atomic E-state index is 0.386. The van der Waals surface area contributed by atoms with Crippen molar-refractivity contribution < 1.29 is 9.21 Å². The summed E-state index contributed by atoms with van der Waals surface area (Å²) in [6.45, 7) is 0. The molecule has 0 aliphatic heterocycles. The van der Waals surface area contributed by atoms with Gasteiger partial charge in [-0.05, 0) is 24.3 Å². The summed E-state index contributed by atoms with van der Waals surface area (Å²) in [7, 11) is 0. The highest BCUT2D eigenvalue weighted by Crippen LogP contribution is 2.22. The first kappa shape index (κ1) is 11.3. The van der Waals surface area contributed by atoms with E-state index in [4.69, 9.17) is 4.42 Å². The summed E-state index contributed by atoms with van der Waals surface area (Å²) in [5.74, 6) is 0.454. The van der Waals surface area contributed by atoms with Crippen LogP contribution in [0.15, 0.2) is 53.4 Å². The summed E-state index contributed by atoms with van der Waals surface area (Å²) in [5, 5.41) is 0. The molecule has 0 spiro atoms. The molecule has 3 aromatic heterocycles. The summed E-state index contributed by atoms with van der Waals surface area (Å²) in [4.78, 5) is 23.0. The van der Waals surface area contributed by atoms with Crippen LogP contribution in [0.25, 0.3) is 22.8 Å². The molecule has 3 heterocycles. The van der Waals surface area contributed by atoms with E-state index in [1.807, 2.05) is 18.2 Å². The standard InChI is InChI=1S/C14H9N3O2/c18-8-11-5-4-10(7-16-11)13-9-19-14(17-13)12-3-1-2-6-15-12/h1-9H. The third-order valence-electron chi connectivity index (χ3n) is 2.59. The van der Waals surface area contributed by atoms with Crippen LogP contribution in [-0.4, -0.2) is 21.2 Å². The van der Waals surface area contributed by atoms with E-state index in [2.05, 4.69) is 15.0 Å². The van der Waals surface area contributed by atoms with Crippen molar-refractivity contribution in [3.63, 3.8) is 0 Å². The van der Waals surface area contributed by atoms with Crippen LogP contribution in [0.2, 0.25) is 0 Å². The Morgan fingerprint density at radius 3 is 2.68 bits per heavy atom. The zero-order valence-electron chi connectivity index (χ0n) is 9.85. The third-order valence-corrected chi connectivity index (χ3v) is 2.59. The van der Waals surface area contributed by atoms with Gasteiger partial charge in [0.15, 0.2) is 6.29 Å². The smallest absolute Gasteiger partial charge is 0.245 e. The van der Waals surface area contributed by atoms with Gasteiger partial charge < -0.3 is 4.42 Å². The van der Waals surface area contributed by atoms with Gasteiger partial charge in [0, 0.05) is 18.0 Å². The highest BCUT2D eigenvalue weighted by atomic mass is 16.3. The van der Waals surface area contributed by atoms with Crippen LogP contribution in [0.1, 0.15) is 10.5 Å². The van der Waals surface area contributed by atoms with Crippen molar-refractivity contribution in [1.82, 2.24) is 15.0 Å². The molecule has 0 unspecified atom stereocenters. The van der Waals surface area contributed by atoms with Gasteiger partial charge in [-0.3, -0.25) is 14.8 Å². The molecular formula is C14H9N3O2. The molecule has 92 valence electrons. The van der Waals surface area contributed by atoms with E-state index in [-0.39, 0.29) is 0 Å². The lowest BCUT2D eigenvalue weighted by molar-refractivity contribution is 0.111. The molecule has 3 rings (SSSR count). The number of nitrogens with zero attached hydrogens (tertiary/aromatic N) is 3. The van der Waals surface area contributed by atoms with Crippen LogP contribution >= 0.6 is 0 Å². The molecule has 0 bridgehead atoms. The number of rotatable bonds is 3. The maximum Gasteiger partial charge on any atom is 0.245 e. The van der Waals surface area contributed by atoms with Crippen molar-refractivity contribution in [3.8, 4) is 22.8 Å². The lowest BCUT2D eigenvalue weighted by atomic mass is 10.2. The number of hydrogen-bond donors (Lipinski definition) is 0. The van der Waals surface area contributed by atoms with Crippen molar-refractivity contribution in [1.29, 1.82) is 0 Å². The number of carbonyl (C=O) groups excluding carboxylic acids is 1. The average molecular weight is 251 g/mol. The Morgan fingerprint density at radius 2 is 2.00 bits per heavy atom. The van der Waals surface area contributed by atoms with Crippen LogP contribution in [0, 0.1) is 0 Å². The molecule has 5 heteroatoms. The summed E-state index contributed by atoms with van der Waals surface area (Å²) in [5.41, 5.74) is 2.51. The summed E-state index contributed by atoms with van der Waals surface area (Å²) in [6, 6.07) is 8.93. The van der Waals surface area contributed by atoms with Crippen LogP contribution < -0.4 is 0 Å². The van der Waals surface area contributed by atoms with Crippen LogP contribution in [0.4, 0.5) is 0 Å². The summed E-state index contributed by atoms with van der Waals surface area (Å²) < 4.78 is 5.39. The minimum absolute atomic E-state index is 0.386. The van der Waals surface area contributed by atoms with Gasteiger partial charge in [-0.2, -0.15) is 0 Å². The first-order valence-corrected chi connectivity index (χ1v) is 5.65. The topological polar surface area (TPSA) is 68.9 Å². The molecule has 5 nitrogen and oxygen atoms in total. The van der Waals surface area contributed by atoms with Crippen LogP contribution in [-0.2, 0) is 0 Å². The Balaban J connectivity index is 1.94. The van der Waals surface area contributed by atoms with E-state index in [0.717, 1.165) is 5.56 Å². The fraction of sp³-hybridized carbons (Fsp3) is 0. The van der Waals surface area contributed by atoms with E-state index in [1.165, 1.54) is 0 Å². The molecule has 0 radical (unpaired) electrons. The highest BCUT2D eigenvalue weighted by molar-refractivity contribution is 5.73. The second kappa shape index (κ2) is 4.81. The second-order valence-corrected chi connectivity index (χ2v) is 3.84. The third kappa shape index (κ3) is 2.26. The number of oxazole rings is 1. The van der Waals surface area contributed by atoms with Crippen molar-refractivity contribution in [2.75, 3.05) is 0 Å². The van der Waals surface area contributed by atoms with E-state index < -0.39 is 0 Å². The second-order valence-electron chi connectivity index (χ2n) is 3.84. The molecule has 3 aromatic rings. The Bertz CT molecular complexity index is 690. The first-order valence-electron chi connectivity index (χ1n) is 5.65. The van der Waals surface area contributed by atoms with Crippen molar-refractivity contribution in [2.24, 2.45) is 0 Å². The van der Waals surface area contributed by atoms with Crippen molar-refractivity contribution in [3.05, 3.63) is 54.7 Å². The maximum absolute atomic E-state index is 10.5. The van der Waals surface area contributed by atoms with Gasteiger partial charge in [0.1, 0.15) is 23.3 Å². The first-order chi connectivity index (χ1) is 9.36. The minimum Gasteiger partial charge on any atom is -0.443 e. The molecule has 0 saturated carbocycles. The number of pyridine rings is 2. The Hall–Kier alpha value is -2.82. The van der Waals surface area contributed by atoms with Gasteiger partial charge in [0.05, 0.1) is 0 Å². The fourth-order valence-electron chi connectivity index (χ4n) is 1.64. The molecule has 19 heavy (non-hydrogen) atoms. The highest BCUT2D eigenvalue weighted by Gasteiger charge is 2.09. The van der Waals surface area contributed by atoms with Crippen LogP contribution in [0.3, 0.4) is 0 Å². The predicted molar refractivity (Wildman–Crippen MR) is 68.4 cm³/mol. The van der Waals surface area contributed by atoms with Gasteiger partial charge in [-0.25, -0.2) is 4.98 Å². The molecule has 0 aromatic carbocycles. The number of aldehydes is 1. The molecule has 0 fully saturated rings. The number of aromatic nitrogens is 3. The van der Waals surface area contributed by atoms with E-state index in [9.17, 15) is 4.79 Å². The molecular weight excluding hydrogens is 242 g/mol. The zero-order valence-corrected chi connectivity index (χ0v) is 9.85. The lowest BCUT2D eigenvalue weighted by Gasteiger charge is -1.94. The molecule has 0 amide bonds. The Labute approximate surface area is 109 Å². The van der Waals surface area contributed by atoms with Crippen molar-refractivity contribution in [2.45, 2.75) is 0 Å². The fourth-order valence-corrected chi connectivity index (χ4v) is 1.64. The summed E-state index contributed by atoms with van der Waals surface area (Å²) >= 11 is 0. The van der Waals surface area contributed by atoms with Gasteiger partial charge in [0.25, 0.3) is 0 Å². The monoisotopic (exact) mass is 251 g/mol. The van der Waals surface area contributed by atoms with Gasteiger partial charge in [0.2, 0.25) is 5.89 Å². The summed E-state index contributed by atoms with van der Waals surface area (Å²) in [6.07, 6.45) is 5.51. The largest absolute Gasteiger partial charge is 0.443 e. The van der Waals surface area contributed by atoms with Gasteiger partial charge >= 0.3 is 0 Å². The Morgan fingerprint density at radius 1 is 1.05 bits per heavy atom. The maximum atomic E-state index is 10.5. The average Bonchev–Trinajstić information content (AvgIpc) is 2.98. The van der Waals surface area contributed by atoms with Crippen molar-refractivity contribution >= 4 is 6.29 Å². The molecule has 0 saturated heterocycles. The molecule has 0 N–H and O–H groups in total. The number of hydrogen-bond acceptors (Lipinski definition) is 5. The SMILES string of the molecule is O=Cc1ccc(-c2coc(-c3ccccn3)n2)cn1. The molecule has 0 aliphatic carbocycles. The van der Waals surface area contributed by atoms with Gasteiger partial charge in [-0.1, -0.05) is 6.07 Å².